The molecule has 2 rings (SSSR count). The van der Waals surface area contributed by atoms with E-state index in [1.165, 1.54) is 12.1 Å². The molecule has 0 spiro atoms. The number of methoxy groups -OCH3 is 1. The van der Waals surface area contributed by atoms with Crippen molar-refractivity contribution in [3.63, 3.8) is 0 Å². The first-order valence-corrected chi connectivity index (χ1v) is 9.76. The van der Waals surface area contributed by atoms with Crippen molar-refractivity contribution < 1.29 is 31.0 Å². The molecule has 0 radical (unpaired) electrons. The molecular formula is C14H13N2O8S2-. The molecule has 0 aliphatic rings. The first-order chi connectivity index (χ1) is 12.0. The van der Waals surface area contributed by atoms with Crippen LogP contribution in [-0.2, 0) is 20.1 Å². The number of anilines is 1. The molecule has 0 heterocycles. The summed E-state index contributed by atoms with van der Waals surface area (Å²) in [6, 6.07) is 6.97. The third-order valence-corrected chi connectivity index (χ3v) is 5.57. The van der Waals surface area contributed by atoms with E-state index in [1.54, 1.807) is 19.1 Å². The average molecular weight is 401 g/mol. The van der Waals surface area contributed by atoms with Crippen LogP contribution in [0.5, 0.6) is 5.75 Å². The fraction of sp³-hybridized carbons (Fsp3) is 0.143. The number of nitro benzene ring substituents is 1. The number of rotatable bonds is 6. The normalized spacial score (nSPS) is 11.8. The maximum Gasteiger partial charge on any atom is 0.290 e. The zero-order valence-corrected chi connectivity index (χ0v) is 15.1. The molecule has 2 aromatic carbocycles. The van der Waals surface area contributed by atoms with Crippen LogP contribution in [0.3, 0.4) is 0 Å². The summed E-state index contributed by atoms with van der Waals surface area (Å²) < 4.78 is 65.7. The molecule has 26 heavy (non-hydrogen) atoms. The predicted molar refractivity (Wildman–Crippen MR) is 89.6 cm³/mol. The van der Waals surface area contributed by atoms with Gasteiger partial charge in [0.25, 0.3) is 15.7 Å². The van der Waals surface area contributed by atoms with Gasteiger partial charge in [0.05, 0.1) is 28.7 Å². The molecule has 0 aliphatic carbocycles. The Balaban J connectivity index is 2.62. The highest BCUT2D eigenvalue weighted by Gasteiger charge is 2.25. The van der Waals surface area contributed by atoms with Crippen LogP contribution in [0.2, 0.25) is 0 Å². The Hall–Kier alpha value is -2.70. The Morgan fingerprint density at radius 1 is 1.08 bits per heavy atom. The summed E-state index contributed by atoms with van der Waals surface area (Å²) in [5.74, 6) is -0.320. The molecular weight excluding hydrogens is 388 g/mol. The van der Waals surface area contributed by atoms with Gasteiger partial charge in [0.1, 0.15) is 20.8 Å². The third kappa shape index (κ3) is 4.09. The molecule has 10 nitrogen and oxygen atoms in total. The summed E-state index contributed by atoms with van der Waals surface area (Å²) in [7, 11) is -8.28. The van der Waals surface area contributed by atoms with Crippen LogP contribution in [0.25, 0.3) is 0 Å². The highest BCUT2D eigenvalue weighted by Crippen LogP contribution is 2.36. The SMILES string of the molecule is COc1cc([N+](=O)[O-])c(S(=O)(=O)[O-])cc1NS(=O)(=O)c1ccc(C)cc1. The number of benzene rings is 2. The van der Waals surface area contributed by atoms with Crippen molar-refractivity contribution >= 4 is 31.5 Å². The van der Waals surface area contributed by atoms with Crippen LogP contribution >= 0.6 is 0 Å². The molecule has 0 amide bonds. The number of nitro groups is 1. The monoisotopic (exact) mass is 401 g/mol. The molecule has 0 fully saturated rings. The molecule has 0 saturated carbocycles. The summed E-state index contributed by atoms with van der Waals surface area (Å²) >= 11 is 0. The van der Waals surface area contributed by atoms with Crippen LogP contribution in [0.4, 0.5) is 11.4 Å². The fourth-order valence-corrected chi connectivity index (χ4v) is 3.77. The van der Waals surface area contributed by atoms with Gasteiger partial charge in [0, 0.05) is 0 Å². The molecule has 2 aromatic rings. The number of hydrogen-bond donors (Lipinski definition) is 1. The van der Waals surface area contributed by atoms with Crippen LogP contribution in [0.1, 0.15) is 5.56 Å². The first-order valence-electron chi connectivity index (χ1n) is 6.87. The van der Waals surface area contributed by atoms with E-state index in [4.69, 9.17) is 4.74 Å². The molecule has 0 unspecified atom stereocenters. The summed E-state index contributed by atoms with van der Waals surface area (Å²) in [4.78, 5) is 8.61. The maximum atomic E-state index is 12.4. The number of nitrogens with zero attached hydrogens (tertiary/aromatic N) is 1. The fourth-order valence-electron chi connectivity index (χ4n) is 2.06. The average Bonchev–Trinajstić information content (AvgIpc) is 2.53. The minimum atomic E-state index is -5.23. The number of sulfonamides is 1. The zero-order valence-electron chi connectivity index (χ0n) is 13.5. The van der Waals surface area contributed by atoms with E-state index >= 15 is 0 Å². The van der Waals surface area contributed by atoms with Crippen molar-refractivity contribution in [2.75, 3.05) is 11.8 Å². The lowest BCUT2D eigenvalue weighted by Crippen LogP contribution is -2.15. The molecule has 0 atom stereocenters. The smallest absolute Gasteiger partial charge is 0.290 e. The van der Waals surface area contributed by atoms with Crippen molar-refractivity contribution in [3.8, 4) is 5.75 Å². The lowest BCUT2D eigenvalue weighted by molar-refractivity contribution is -0.387. The summed E-state index contributed by atoms with van der Waals surface area (Å²) in [5, 5.41) is 11.0. The number of ether oxygens (including phenoxy) is 1. The van der Waals surface area contributed by atoms with Gasteiger partial charge in [0.15, 0.2) is 0 Å². The highest BCUT2D eigenvalue weighted by molar-refractivity contribution is 7.92. The maximum absolute atomic E-state index is 12.4. The quantitative estimate of drug-likeness (QED) is 0.435. The van der Waals surface area contributed by atoms with Gasteiger partial charge in [-0.15, -0.1) is 0 Å². The van der Waals surface area contributed by atoms with Crippen molar-refractivity contribution in [1.82, 2.24) is 0 Å². The van der Waals surface area contributed by atoms with Gasteiger partial charge in [-0.25, -0.2) is 16.8 Å². The zero-order chi connectivity index (χ0) is 19.7. The summed E-state index contributed by atoms with van der Waals surface area (Å²) in [6.45, 7) is 1.76. The van der Waals surface area contributed by atoms with Gasteiger partial charge in [-0.2, -0.15) is 0 Å². The van der Waals surface area contributed by atoms with Crippen molar-refractivity contribution in [2.24, 2.45) is 0 Å². The van der Waals surface area contributed by atoms with Gasteiger partial charge in [-0.1, -0.05) is 17.7 Å². The Bertz CT molecular complexity index is 1060. The number of hydrogen-bond acceptors (Lipinski definition) is 8. The van der Waals surface area contributed by atoms with Crippen molar-refractivity contribution in [2.45, 2.75) is 16.7 Å². The summed E-state index contributed by atoms with van der Waals surface area (Å²) in [5.41, 5.74) is -0.625. The minimum absolute atomic E-state index is 0.130. The molecule has 12 heteroatoms. The number of nitrogens with one attached hydrogen (secondary N) is 1. The molecule has 140 valence electrons. The molecule has 0 bridgehead atoms. The van der Waals surface area contributed by atoms with E-state index in [-0.39, 0.29) is 10.6 Å². The summed E-state index contributed by atoms with van der Waals surface area (Å²) in [6.07, 6.45) is 0. The first kappa shape index (κ1) is 19.6. The lowest BCUT2D eigenvalue weighted by Gasteiger charge is -2.15. The largest absolute Gasteiger partial charge is 0.744 e. The third-order valence-electron chi connectivity index (χ3n) is 3.32. The second kappa shape index (κ2) is 6.90. The second-order valence-electron chi connectivity index (χ2n) is 5.15. The van der Waals surface area contributed by atoms with Crippen LogP contribution in [0.15, 0.2) is 46.2 Å². The van der Waals surface area contributed by atoms with Gasteiger partial charge >= 0.3 is 0 Å². The van der Waals surface area contributed by atoms with E-state index in [9.17, 15) is 31.5 Å². The Morgan fingerprint density at radius 3 is 2.12 bits per heavy atom. The van der Waals surface area contributed by atoms with E-state index < -0.39 is 41.3 Å². The minimum Gasteiger partial charge on any atom is -0.744 e. The van der Waals surface area contributed by atoms with Gasteiger partial charge in [-0.05, 0) is 25.1 Å². The van der Waals surface area contributed by atoms with Crippen LogP contribution < -0.4 is 9.46 Å². The van der Waals surface area contributed by atoms with Gasteiger partial charge < -0.3 is 9.29 Å². The molecule has 0 saturated heterocycles. The molecule has 1 N–H and O–H groups in total. The van der Waals surface area contributed by atoms with Gasteiger partial charge in [0.2, 0.25) is 0 Å². The van der Waals surface area contributed by atoms with Crippen molar-refractivity contribution in [1.29, 1.82) is 0 Å². The topological polar surface area (TPSA) is 156 Å². The van der Waals surface area contributed by atoms with E-state index in [0.29, 0.717) is 12.1 Å². The second-order valence-corrected chi connectivity index (χ2v) is 8.18. The van der Waals surface area contributed by atoms with Crippen LogP contribution in [-0.4, -0.2) is 33.4 Å². The van der Waals surface area contributed by atoms with Crippen LogP contribution in [0, 0.1) is 17.0 Å². The lowest BCUT2D eigenvalue weighted by atomic mass is 10.2. The number of aryl methyl sites for hydroxylation is 1. The molecule has 0 aromatic heterocycles. The Labute approximate surface area is 149 Å². The van der Waals surface area contributed by atoms with Crippen molar-refractivity contribution in [3.05, 3.63) is 52.1 Å². The van der Waals surface area contributed by atoms with Gasteiger partial charge in [-0.3, -0.25) is 14.8 Å². The standard InChI is InChI=1S/C14H14N2O8S2/c1-9-3-5-10(6-4-9)25(19,20)15-11-7-14(26(21,22)23)12(16(17)18)8-13(11)24-2/h3-8,15H,1-2H3,(H,21,22,23)/p-1. The van der Waals surface area contributed by atoms with E-state index in [0.717, 1.165) is 12.7 Å². The van der Waals surface area contributed by atoms with E-state index in [1.807, 2.05) is 0 Å². The predicted octanol–water partition coefficient (Wildman–Crippen LogP) is 1.62. The highest BCUT2D eigenvalue weighted by atomic mass is 32.2. The van der Waals surface area contributed by atoms with E-state index in [2.05, 4.69) is 4.72 Å². The molecule has 0 aliphatic heterocycles. The Kier molecular flexibility index (Phi) is 5.21. The Morgan fingerprint density at radius 2 is 1.65 bits per heavy atom.